The summed E-state index contributed by atoms with van der Waals surface area (Å²) in [4.78, 5) is 0. The highest BCUT2D eigenvalue weighted by molar-refractivity contribution is 14.1. The Bertz CT molecular complexity index is 541. The third-order valence-corrected chi connectivity index (χ3v) is 3.75. The molecule has 0 fully saturated rings. The van der Waals surface area contributed by atoms with Crippen LogP contribution >= 0.6 is 34.2 Å². The molecule has 0 spiro atoms. The molecule has 2 rings (SSSR count). The molecular weight excluding hydrogens is 363 g/mol. The smallest absolute Gasteiger partial charge is 0.0998 e. The Morgan fingerprint density at radius 1 is 1.50 bits per heavy atom. The maximum atomic E-state index is 6.02. The maximum Gasteiger partial charge on any atom is 0.0998 e. The molecule has 1 aromatic carbocycles. The topological polar surface area (TPSA) is 56.7 Å². The molecule has 1 unspecified atom stereocenters. The number of nitrogens with zero attached hydrogens (tertiary/aromatic N) is 3. The molecule has 18 heavy (non-hydrogen) atoms. The van der Waals surface area contributed by atoms with Crippen LogP contribution in [0.1, 0.15) is 31.5 Å². The van der Waals surface area contributed by atoms with Crippen LogP contribution < -0.4 is 5.73 Å². The Kier molecular flexibility index (Phi) is 4.58. The molecule has 0 aliphatic heterocycles. The van der Waals surface area contributed by atoms with E-state index in [4.69, 9.17) is 17.3 Å². The Balaban J connectivity index is 2.29. The highest BCUT2D eigenvalue weighted by Crippen LogP contribution is 2.22. The summed E-state index contributed by atoms with van der Waals surface area (Å²) in [5.74, 6) is 0. The average molecular weight is 377 g/mol. The quantitative estimate of drug-likeness (QED) is 0.833. The molecule has 0 amide bonds. The van der Waals surface area contributed by atoms with E-state index < -0.39 is 0 Å². The summed E-state index contributed by atoms with van der Waals surface area (Å²) in [6.45, 7) is 2.10. The minimum absolute atomic E-state index is 0.0475. The van der Waals surface area contributed by atoms with Crippen LogP contribution in [-0.2, 0) is 0 Å². The molecule has 0 saturated carbocycles. The Morgan fingerprint density at radius 3 is 2.94 bits per heavy atom. The predicted octanol–water partition coefficient (Wildman–Crippen LogP) is 3.33. The molecule has 2 N–H and O–H groups in total. The van der Waals surface area contributed by atoms with E-state index in [2.05, 4.69) is 39.8 Å². The standard InChI is InChI=1S/C12H14ClIN4/c1-2-3-10(15)11-7-18(17-16-11)12-5-4-8(13)6-9(12)14/h4-7,10H,2-3,15H2,1H3. The predicted molar refractivity (Wildman–Crippen MR) is 80.9 cm³/mol. The number of halogens is 2. The van der Waals surface area contributed by atoms with Gasteiger partial charge in [-0.3, -0.25) is 0 Å². The summed E-state index contributed by atoms with van der Waals surface area (Å²) < 4.78 is 2.77. The van der Waals surface area contributed by atoms with Crippen LogP contribution in [0.3, 0.4) is 0 Å². The number of nitrogens with two attached hydrogens (primary N) is 1. The van der Waals surface area contributed by atoms with Gasteiger partial charge in [0.1, 0.15) is 0 Å². The van der Waals surface area contributed by atoms with Gasteiger partial charge >= 0.3 is 0 Å². The first-order valence-electron chi connectivity index (χ1n) is 5.75. The van der Waals surface area contributed by atoms with Crippen LogP contribution in [-0.4, -0.2) is 15.0 Å². The van der Waals surface area contributed by atoms with E-state index in [1.165, 1.54) is 0 Å². The van der Waals surface area contributed by atoms with E-state index >= 15 is 0 Å². The Morgan fingerprint density at radius 2 is 2.28 bits per heavy atom. The lowest BCUT2D eigenvalue weighted by atomic mass is 10.1. The van der Waals surface area contributed by atoms with Crippen molar-refractivity contribution in [3.05, 3.63) is 38.7 Å². The van der Waals surface area contributed by atoms with Gasteiger partial charge in [0.25, 0.3) is 0 Å². The molecule has 0 radical (unpaired) electrons. The fourth-order valence-corrected chi connectivity index (χ4v) is 2.81. The van der Waals surface area contributed by atoms with E-state index in [9.17, 15) is 0 Å². The maximum absolute atomic E-state index is 6.02. The van der Waals surface area contributed by atoms with E-state index in [1.54, 1.807) is 4.68 Å². The van der Waals surface area contributed by atoms with Gasteiger partial charge in [0, 0.05) is 8.59 Å². The fraction of sp³-hybridized carbons (Fsp3) is 0.333. The lowest BCUT2D eigenvalue weighted by Gasteiger charge is -2.05. The van der Waals surface area contributed by atoms with Crippen LogP contribution in [0.25, 0.3) is 5.69 Å². The molecule has 1 heterocycles. The number of hydrogen-bond donors (Lipinski definition) is 1. The highest BCUT2D eigenvalue weighted by Gasteiger charge is 2.11. The molecule has 0 bridgehead atoms. The molecule has 0 saturated heterocycles. The monoisotopic (exact) mass is 376 g/mol. The lowest BCUT2D eigenvalue weighted by molar-refractivity contribution is 0.619. The largest absolute Gasteiger partial charge is 0.323 e. The lowest BCUT2D eigenvalue weighted by Crippen LogP contribution is -2.10. The molecule has 1 aromatic heterocycles. The second-order valence-electron chi connectivity index (χ2n) is 4.08. The van der Waals surface area contributed by atoms with Gasteiger partial charge in [-0.25, -0.2) is 4.68 Å². The SMILES string of the molecule is CCCC(N)c1cn(-c2ccc(Cl)cc2I)nn1. The third-order valence-electron chi connectivity index (χ3n) is 2.65. The van der Waals surface area contributed by atoms with Gasteiger partial charge in [0.05, 0.1) is 23.6 Å². The molecule has 0 aliphatic carbocycles. The Labute approximate surface area is 125 Å². The zero-order chi connectivity index (χ0) is 13.1. The summed E-state index contributed by atoms with van der Waals surface area (Å²) in [5, 5.41) is 8.96. The zero-order valence-electron chi connectivity index (χ0n) is 9.98. The number of hydrogen-bond acceptors (Lipinski definition) is 3. The minimum Gasteiger partial charge on any atom is -0.323 e. The van der Waals surface area contributed by atoms with E-state index in [0.29, 0.717) is 5.02 Å². The van der Waals surface area contributed by atoms with Crippen LogP contribution in [0.5, 0.6) is 0 Å². The summed E-state index contributed by atoms with van der Waals surface area (Å²) >= 11 is 8.16. The van der Waals surface area contributed by atoms with Crippen LogP contribution in [0.15, 0.2) is 24.4 Å². The van der Waals surface area contributed by atoms with Gasteiger partial charge < -0.3 is 5.73 Å². The van der Waals surface area contributed by atoms with Gasteiger partial charge in [0.2, 0.25) is 0 Å². The normalized spacial score (nSPS) is 12.7. The van der Waals surface area contributed by atoms with Gasteiger partial charge in [-0.2, -0.15) is 0 Å². The molecule has 0 aliphatic rings. The Hall–Kier alpha value is -0.660. The van der Waals surface area contributed by atoms with Crippen molar-refractivity contribution in [1.82, 2.24) is 15.0 Å². The second kappa shape index (κ2) is 5.99. The van der Waals surface area contributed by atoms with Gasteiger partial charge in [0.15, 0.2) is 0 Å². The molecule has 6 heteroatoms. The molecular formula is C12H14ClIN4. The first-order valence-corrected chi connectivity index (χ1v) is 7.20. The van der Waals surface area contributed by atoms with Gasteiger partial charge in [-0.15, -0.1) is 5.10 Å². The van der Waals surface area contributed by atoms with Crippen molar-refractivity contribution in [1.29, 1.82) is 0 Å². The van der Waals surface area contributed by atoms with Crippen molar-refractivity contribution in [3.63, 3.8) is 0 Å². The van der Waals surface area contributed by atoms with Gasteiger partial charge in [-0.1, -0.05) is 30.2 Å². The zero-order valence-corrected chi connectivity index (χ0v) is 12.9. The van der Waals surface area contributed by atoms with Crippen molar-refractivity contribution in [2.75, 3.05) is 0 Å². The summed E-state index contributed by atoms with van der Waals surface area (Å²) in [5.41, 5.74) is 7.80. The summed E-state index contributed by atoms with van der Waals surface area (Å²) in [7, 11) is 0. The van der Waals surface area contributed by atoms with Crippen LogP contribution in [0.4, 0.5) is 0 Å². The van der Waals surface area contributed by atoms with Gasteiger partial charge in [-0.05, 0) is 47.2 Å². The average Bonchev–Trinajstić information content (AvgIpc) is 2.78. The first kappa shape index (κ1) is 13.8. The molecule has 4 nitrogen and oxygen atoms in total. The molecule has 2 aromatic rings. The van der Waals surface area contributed by atoms with Crippen molar-refractivity contribution in [2.24, 2.45) is 5.73 Å². The van der Waals surface area contributed by atoms with Crippen LogP contribution in [0, 0.1) is 3.57 Å². The number of aromatic nitrogens is 3. The van der Waals surface area contributed by atoms with E-state index in [1.807, 2.05) is 24.4 Å². The number of benzene rings is 1. The van der Waals surface area contributed by atoms with Crippen LogP contribution in [0.2, 0.25) is 5.02 Å². The first-order chi connectivity index (χ1) is 8.61. The minimum atomic E-state index is -0.0475. The van der Waals surface area contributed by atoms with E-state index in [0.717, 1.165) is 27.8 Å². The highest BCUT2D eigenvalue weighted by atomic mass is 127. The fourth-order valence-electron chi connectivity index (χ4n) is 1.69. The summed E-state index contributed by atoms with van der Waals surface area (Å²) in [6.07, 6.45) is 3.83. The summed E-state index contributed by atoms with van der Waals surface area (Å²) in [6, 6.07) is 5.61. The van der Waals surface area contributed by atoms with Crippen molar-refractivity contribution in [2.45, 2.75) is 25.8 Å². The van der Waals surface area contributed by atoms with Crippen molar-refractivity contribution < 1.29 is 0 Å². The van der Waals surface area contributed by atoms with E-state index in [-0.39, 0.29) is 6.04 Å². The van der Waals surface area contributed by atoms with Crippen molar-refractivity contribution in [3.8, 4) is 5.69 Å². The number of rotatable bonds is 4. The van der Waals surface area contributed by atoms with Crippen molar-refractivity contribution >= 4 is 34.2 Å². The third kappa shape index (κ3) is 3.02. The molecule has 1 atom stereocenters. The molecule has 96 valence electrons. The second-order valence-corrected chi connectivity index (χ2v) is 5.68.